The average molecular weight is 463 g/mol. The summed E-state index contributed by atoms with van der Waals surface area (Å²) in [7, 11) is 0. The van der Waals surface area contributed by atoms with E-state index in [2.05, 4.69) is 10.3 Å². The summed E-state index contributed by atoms with van der Waals surface area (Å²) >= 11 is 0. The zero-order chi connectivity index (χ0) is 24.2. The Labute approximate surface area is 195 Å². The van der Waals surface area contributed by atoms with Gasteiger partial charge in [0.25, 0.3) is 5.91 Å². The molecule has 10 nitrogen and oxygen atoms in total. The maximum absolute atomic E-state index is 13.0. The third kappa shape index (κ3) is 4.84. The number of nitrogens with two attached hydrogens (primary N) is 1. The standard InChI is InChI=1S/C24H25N5O5/c1-14(22(31)16-5-8-33-9-6-16)17-2-3-19-18(11-17)27-24(29(19)7-4-21(26)30)28-23(32)20-10-15(12-25)13-34-20/h2-3,10-11,13-14,16H,4-9H2,1H3,(H2,26,30)(H,27,28,32). The molecular formula is C24H25N5O5. The molecule has 0 spiro atoms. The number of hydrogen-bond donors (Lipinski definition) is 2. The van der Waals surface area contributed by atoms with Gasteiger partial charge in [-0.15, -0.1) is 0 Å². The first-order valence-electron chi connectivity index (χ1n) is 11.1. The molecule has 0 bridgehead atoms. The summed E-state index contributed by atoms with van der Waals surface area (Å²) in [6.45, 7) is 3.29. The second-order valence-corrected chi connectivity index (χ2v) is 8.33. The molecule has 34 heavy (non-hydrogen) atoms. The van der Waals surface area contributed by atoms with E-state index < -0.39 is 11.8 Å². The highest BCUT2D eigenvalue weighted by Crippen LogP contribution is 2.29. The van der Waals surface area contributed by atoms with Crippen LogP contribution >= 0.6 is 0 Å². The van der Waals surface area contributed by atoms with Crippen molar-refractivity contribution in [3.63, 3.8) is 0 Å². The maximum Gasteiger partial charge on any atom is 0.293 e. The molecule has 1 unspecified atom stereocenters. The van der Waals surface area contributed by atoms with Gasteiger partial charge in [0, 0.05) is 44.1 Å². The lowest BCUT2D eigenvalue weighted by atomic mass is 9.84. The first-order valence-corrected chi connectivity index (χ1v) is 11.1. The second kappa shape index (κ2) is 9.89. The molecule has 2 aromatic heterocycles. The van der Waals surface area contributed by atoms with E-state index in [1.54, 1.807) is 4.57 Å². The minimum Gasteiger partial charge on any atom is -0.458 e. The number of aromatic nitrogens is 2. The summed E-state index contributed by atoms with van der Waals surface area (Å²) in [6.07, 6.45) is 2.69. The Kier molecular flexibility index (Phi) is 6.75. The van der Waals surface area contributed by atoms with Crippen LogP contribution in [-0.4, -0.2) is 40.4 Å². The van der Waals surface area contributed by atoms with E-state index in [4.69, 9.17) is 20.1 Å². The first kappa shape index (κ1) is 23.2. The number of ether oxygens (including phenoxy) is 1. The fourth-order valence-electron chi connectivity index (χ4n) is 4.14. The summed E-state index contributed by atoms with van der Waals surface area (Å²) in [5.74, 6) is -1.06. The Morgan fingerprint density at radius 1 is 1.29 bits per heavy atom. The monoisotopic (exact) mass is 463 g/mol. The van der Waals surface area contributed by atoms with E-state index in [1.165, 1.54) is 12.3 Å². The number of nitriles is 1. The van der Waals surface area contributed by atoms with Crippen LogP contribution in [0.4, 0.5) is 5.95 Å². The van der Waals surface area contributed by atoms with Gasteiger partial charge in [-0.3, -0.25) is 19.7 Å². The zero-order valence-electron chi connectivity index (χ0n) is 18.7. The maximum atomic E-state index is 13.0. The van der Waals surface area contributed by atoms with Crippen molar-refractivity contribution in [1.82, 2.24) is 9.55 Å². The lowest BCUT2D eigenvalue weighted by Gasteiger charge is -2.24. The fourth-order valence-corrected chi connectivity index (χ4v) is 4.14. The van der Waals surface area contributed by atoms with Gasteiger partial charge in [0.2, 0.25) is 11.9 Å². The number of amides is 2. The number of furan rings is 1. The van der Waals surface area contributed by atoms with Crippen molar-refractivity contribution >= 4 is 34.6 Å². The quantitative estimate of drug-likeness (QED) is 0.521. The number of carbonyl (C=O) groups is 3. The van der Waals surface area contributed by atoms with Crippen LogP contribution in [0, 0.1) is 17.2 Å². The number of primary amides is 1. The number of nitrogens with one attached hydrogen (secondary N) is 1. The number of benzene rings is 1. The van der Waals surface area contributed by atoms with Gasteiger partial charge in [-0.2, -0.15) is 5.26 Å². The molecule has 1 saturated heterocycles. The van der Waals surface area contributed by atoms with Crippen molar-refractivity contribution in [2.24, 2.45) is 11.7 Å². The highest BCUT2D eigenvalue weighted by Gasteiger charge is 2.27. The molecule has 10 heteroatoms. The van der Waals surface area contributed by atoms with E-state index in [0.29, 0.717) is 24.2 Å². The van der Waals surface area contributed by atoms with Crippen LogP contribution < -0.4 is 11.1 Å². The smallest absolute Gasteiger partial charge is 0.293 e. The summed E-state index contributed by atoms with van der Waals surface area (Å²) in [5, 5.41) is 11.6. The number of ketones is 1. The van der Waals surface area contributed by atoms with Crippen LogP contribution in [0.2, 0.25) is 0 Å². The molecular weight excluding hydrogens is 438 g/mol. The van der Waals surface area contributed by atoms with Gasteiger partial charge in [-0.05, 0) is 30.5 Å². The summed E-state index contributed by atoms with van der Waals surface area (Å²) in [5.41, 5.74) is 7.63. The molecule has 0 saturated carbocycles. The van der Waals surface area contributed by atoms with Crippen molar-refractivity contribution in [1.29, 1.82) is 5.26 Å². The van der Waals surface area contributed by atoms with Gasteiger partial charge in [0.15, 0.2) is 5.76 Å². The van der Waals surface area contributed by atoms with Crippen LogP contribution in [0.5, 0.6) is 0 Å². The lowest BCUT2D eigenvalue weighted by Crippen LogP contribution is -2.26. The van der Waals surface area contributed by atoms with Gasteiger partial charge in [-0.1, -0.05) is 13.0 Å². The molecule has 176 valence electrons. The molecule has 1 aromatic carbocycles. The zero-order valence-corrected chi connectivity index (χ0v) is 18.7. The van der Waals surface area contributed by atoms with E-state index >= 15 is 0 Å². The number of imidazole rings is 1. The van der Waals surface area contributed by atoms with Crippen molar-refractivity contribution in [3.05, 3.63) is 47.4 Å². The molecule has 1 aliphatic heterocycles. The fraction of sp³-hybridized carbons (Fsp3) is 0.375. The van der Waals surface area contributed by atoms with Gasteiger partial charge in [0.1, 0.15) is 18.1 Å². The molecule has 3 aromatic rings. The first-order chi connectivity index (χ1) is 16.4. The van der Waals surface area contributed by atoms with Crippen LogP contribution in [-0.2, 0) is 20.9 Å². The predicted octanol–water partition coefficient (Wildman–Crippen LogP) is 2.73. The molecule has 1 atom stereocenters. The highest BCUT2D eigenvalue weighted by atomic mass is 16.5. The molecule has 1 fully saturated rings. The summed E-state index contributed by atoms with van der Waals surface area (Å²) < 4.78 is 12.2. The Balaban J connectivity index is 1.63. The molecule has 4 rings (SSSR count). The third-order valence-electron chi connectivity index (χ3n) is 6.08. The number of fused-ring (bicyclic) bond motifs is 1. The van der Waals surface area contributed by atoms with Crippen LogP contribution in [0.1, 0.15) is 53.8 Å². The van der Waals surface area contributed by atoms with Crippen molar-refractivity contribution in [3.8, 4) is 6.07 Å². The molecule has 2 amide bonds. The Hall–Kier alpha value is -3.97. The normalized spacial score (nSPS) is 15.1. The molecule has 1 aliphatic rings. The van der Waals surface area contributed by atoms with E-state index in [1.807, 2.05) is 31.2 Å². The predicted molar refractivity (Wildman–Crippen MR) is 122 cm³/mol. The summed E-state index contributed by atoms with van der Waals surface area (Å²) in [4.78, 5) is 41.6. The van der Waals surface area contributed by atoms with E-state index in [9.17, 15) is 14.4 Å². The topological polar surface area (TPSA) is 153 Å². The molecule has 0 aliphatic carbocycles. The third-order valence-corrected chi connectivity index (χ3v) is 6.08. The largest absolute Gasteiger partial charge is 0.458 e. The number of rotatable bonds is 8. The number of anilines is 1. The van der Waals surface area contributed by atoms with Crippen LogP contribution in [0.3, 0.4) is 0 Å². The average Bonchev–Trinajstić information content (AvgIpc) is 3.46. The minimum absolute atomic E-state index is 0.0194. The summed E-state index contributed by atoms with van der Waals surface area (Å²) in [6, 6.07) is 8.74. The number of Topliss-reactive ketones (excluding diaryl/α,β-unsaturated/α-hetero) is 1. The number of carbonyl (C=O) groups excluding carboxylic acids is 3. The SMILES string of the molecule is CC(C(=O)C1CCOCC1)c1ccc2c(c1)nc(NC(=O)c1cc(C#N)co1)n2CCC(N)=O. The molecule has 3 N–H and O–H groups in total. The second-order valence-electron chi connectivity index (χ2n) is 8.33. The highest BCUT2D eigenvalue weighted by molar-refractivity contribution is 6.02. The van der Waals surface area contributed by atoms with Gasteiger partial charge in [-0.25, -0.2) is 4.98 Å². The van der Waals surface area contributed by atoms with Crippen molar-refractivity contribution in [2.75, 3.05) is 18.5 Å². The van der Waals surface area contributed by atoms with Crippen LogP contribution in [0.25, 0.3) is 11.0 Å². The Morgan fingerprint density at radius 2 is 2.06 bits per heavy atom. The molecule has 3 heterocycles. The van der Waals surface area contributed by atoms with Gasteiger partial charge < -0.3 is 19.5 Å². The van der Waals surface area contributed by atoms with Crippen molar-refractivity contribution < 1.29 is 23.5 Å². The molecule has 0 radical (unpaired) electrons. The number of nitrogens with zero attached hydrogens (tertiary/aromatic N) is 3. The minimum atomic E-state index is -0.583. The van der Waals surface area contributed by atoms with E-state index in [0.717, 1.165) is 18.4 Å². The Morgan fingerprint density at radius 3 is 2.74 bits per heavy atom. The van der Waals surface area contributed by atoms with E-state index in [-0.39, 0.29) is 47.9 Å². The van der Waals surface area contributed by atoms with Gasteiger partial charge in [0.05, 0.1) is 16.6 Å². The lowest BCUT2D eigenvalue weighted by molar-refractivity contribution is -0.126. The van der Waals surface area contributed by atoms with Gasteiger partial charge >= 0.3 is 0 Å². The Bertz CT molecular complexity index is 1280. The number of aryl methyl sites for hydroxylation is 1. The number of hydrogen-bond acceptors (Lipinski definition) is 7. The van der Waals surface area contributed by atoms with Crippen LogP contribution in [0.15, 0.2) is 34.9 Å². The van der Waals surface area contributed by atoms with Crippen molar-refractivity contribution in [2.45, 2.75) is 38.6 Å².